The zero-order valence-electron chi connectivity index (χ0n) is 19.0. The number of hydrogen-bond acceptors (Lipinski definition) is 7. The van der Waals surface area contributed by atoms with Crippen LogP contribution < -0.4 is 20.5 Å². The number of benzene rings is 3. The van der Waals surface area contributed by atoms with E-state index in [4.69, 9.17) is 32.7 Å². The van der Waals surface area contributed by atoms with Gasteiger partial charge in [0.2, 0.25) is 5.95 Å². The molecule has 0 aliphatic heterocycles. The molecule has 0 spiro atoms. The van der Waals surface area contributed by atoms with Gasteiger partial charge in [0, 0.05) is 26.7 Å². The number of hydrogen-bond donors (Lipinski definition) is 2. The molecule has 0 fully saturated rings. The molecule has 0 amide bonds. The molecule has 0 unspecified atom stereocenters. The minimum Gasteiger partial charge on any atom is -0.493 e. The second-order valence-corrected chi connectivity index (χ2v) is 8.23. The first-order chi connectivity index (χ1) is 17.5. The van der Waals surface area contributed by atoms with E-state index in [2.05, 4.69) is 20.5 Å². The lowest BCUT2D eigenvalue weighted by atomic mass is 10.1. The molecule has 0 aliphatic carbocycles. The standard InChI is InChI=1S/C26H19Cl2N5O3/c1-35-22-9-5-8-17(24(22)36-15-18-10-11-19(27)12-21(18)28)14-30-33-26-31-23(16-6-3-2-4-7-16)20(13-29)25(34)32-26/h2-12,14H,15H2,1H3,(H2,31,32,33,34). The lowest BCUT2D eigenvalue weighted by molar-refractivity contribution is 0.284. The van der Waals surface area contributed by atoms with E-state index in [0.29, 0.717) is 32.7 Å². The maximum atomic E-state index is 12.4. The molecule has 1 heterocycles. The van der Waals surface area contributed by atoms with Crippen molar-refractivity contribution >= 4 is 35.4 Å². The van der Waals surface area contributed by atoms with Crippen LogP contribution in [0.2, 0.25) is 10.0 Å². The van der Waals surface area contributed by atoms with Gasteiger partial charge in [-0.3, -0.25) is 9.78 Å². The molecule has 0 aliphatic rings. The van der Waals surface area contributed by atoms with Crippen molar-refractivity contribution in [3.05, 3.63) is 104 Å². The largest absolute Gasteiger partial charge is 0.493 e. The number of anilines is 1. The molecule has 0 atom stereocenters. The van der Waals surface area contributed by atoms with Crippen molar-refractivity contribution < 1.29 is 9.47 Å². The number of hydrazone groups is 1. The monoisotopic (exact) mass is 519 g/mol. The maximum absolute atomic E-state index is 12.4. The van der Waals surface area contributed by atoms with E-state index in [1.54, 1.807) is 60.7 Å². The Labute approximate surface area is 216 Å². The maximum Gasteiger partial charge on any atom is 0.270 e. The van der Waals surface area contributed by atoms with Crippen LogP contribution in [0.25, 0.3) is 11.3 Å². The first-order valence-corrected chi connectivity index (χ1v) is 11.4. The topological polar surface area (TPSA) is 112 Å². The molecule has 4 aromatic rings. The summed E-state index contributed by atoms with van der Waals surface area (Å²) in [4.78, 5) is 19.3. The molecular formula is C26H19Cl2N5O3. The van der Waals surface area contributed by atoms with Gasteiger partial charge >= 0.3 is 0 Å². The van der Waals surface area contributed by atoms with Gasteiger partial charge in [-0.2, -0.15) is 10.4 Å². The highest BCUT2D eigenvalue weighted by molar-refractivity contribution is 6.35. The second-order valence-electron chi connectivity index (χ2n) is 7.39. The highest BCUT2D eigenvalue weighted by atomic mass is 35.5. The Hall–Kier alpha value is -4.32. The number of aromatic nitrogens is 2. The fourth-order valence-corrected chi connectivity index (χ4v) is 3.80. The van der Waals surface area contributed by atoms with Crippen LogP contribution in [0.15, 0.2) is 76.6 Å². The van der Waals surface area contributed by atoms with Gasteiger partial charge in [0.05, 0.1) is 19.0 Å². The van der Waals surface area contributed by atoms with Gasteiger partial charge < -0.3 is 9.47 Å². The van der Waals surface area contributed by atoms with Crippen LogP contribution in [-0.4, -0.2) is 23.3 Å². The minimum absolute atomic E-state index is 0.0763. The van der Waals surface area contributed by atoms with Crippen LogP contribution >= 0.6 is 23.2 Å². The molecular weight excluding hydrogens is 501 g/mol. The second kappa shape index (κ2) is 11.4. The molecule has 180 valence electrons. The van der Waals surface area contributed by atoms with Crippen LogP contribution in [0.5, 0.6) is 11.5 Å². The van der Waals surface area contributed by atoms with Crippen molar-refractivity contribution in [1.82, 2.24) is 9.97 Å². The summed E-state index contributed by atoms with van der Waals surface area (Å²) < 4.78 is 11.5. The average Bonchev–Trinajstić information content (AvgIpc) is 2.88. The highest BCUT2D eigenvalue weighted by Gasteiger charge is 2.14. The smallest absolute Gasteiger partial charge is 0.270 e. The number of ether oxygens (including phenoxy) is 2. The summed E-state index contributed by atoms with van der Waals surface area (Å²) in [5, 5.41) is 14.6. The number of nitriles is 1. The number of aromatic amines is 1. The fraction of sp³-hybridized carbons (Fsp3) is 0.0769. The zero-order valence-corrected chi connectivity index (χ0v) is 20.5. The molecule has 10 heteroatoms. The number of methoxy groups -OCH3 is 1. The van der Waals surface area contributed by atoms with Crippen LogP contribution in [0.3, 0.4) is 0 Å². The van der Waals surface area contributed by atoms with E-state index < -0.39 is 5.56 Å². The summed E-state index contributed by atoms with van der Waals surface area (Å²) in [6.45, 7) is 0.176. The third kappa shape index (κ3) is 5.66. The number of rotatable bonds is 8. The van der Waals surface area contributed by atoms with Crippen molar-refractivity contribution in [1.29, 1.82) is 5.26 Å². The minimum atomic E-state index is -0.575. The van der Waals surface area contributed by atoms with Crippen molar-refractivity contribution in [2.24, 2.45) is 5.10 Å². The van der Waals surface area contributed by atoms with Gasteiger partial charge in [-0.25, -0.2) is 10.4 Å². The third-order valence-corrected chi connectivity index (χ3v) is 5.66. The average molecular weight is 520 g/mol. The predicted octanol–water partition coefficient (Wildman–Crippen LogP) is 5.65. The predicted molar refractivity (Wildman–Crippen MR) is 140 cm³/mol. The van der Waals surface area contributed by atoms with Crippen molar-refractivity contribution in [3.8, 4) is 28.8 Å². The summed E-state index contributed by atoms with van der Waals surface area (Å²) in [6.07, 6.45) is 1.50. The quantitative estimate of drug-likeness (QED) is 0.229. The molecule has 0 bridgehead atoms. The number of para-hydroxylation sites is 1. The van der Waals surface area contributed by atoms with E-state index in [-0.39, 0.29) is 23.8 Å². The molecule has 4 rings (SSSR count). The molecule has 36 heavy (non-hydrogen) atoms. The van der Waals surface area contributed by atoms with E-state index >= 15 is 0 Å². The summed E-state index contributed by atoms with van der Waals surface area (Å²) in [5.41, 5.74) is 4.30. The summed E-state index contributed by atoms with van der Waals surface area (Å²) in [6, 6.07) is 21.4. The molecule has 3 aromatic carbocycles. The first kappa shape index (κ1) is 24.8. The van der Waals surface area contributed by atoms with Gasteiger partial charge in [0.25, 0.3) is 5.56 Å². The number of nitrogens with zero attached hydrogens (tertiary/aromatic N) is 3. The van der Waals surface area contributed by atoms with E-state index in [1.807, 2.05) is 12.1 Å². The van der Waals surface area contributed by atoms with E-state index in [0.717, 1.165) is 5.56 Å². The molecule has 0 saturated carbocycles. The Morgan fingerprint density at radius 1 is 1.14 bits per heavy atom. The first-order valence-electron chi connectivity index (χ1n) is 10.6. The molecule has 1 aromatic heterocycles. The van der Waals surface area contributed by atoms with Crippen LogP contribution in [0.1, 0.15) is 16.7 Å². The van der Waals surface area contributed by atoms with Gasteiger partial charge in [0.1, 0.15) is 18.2 Å². The molecule has 0 radical (unpaired) electrons. The Bertz CT molecular complexity index is 1510. The Morgan fingerprint density at radius 2 is 1.94 bits per heavy atom. The fourth-order valence-electron chi connectivity index (χ4n) is 3.34. The van der Waals surface area contributed by atoms with Gasteiger partial charge in [-0.05, 0) is 24.3 Å². The van der Waals surface area contributed by atoms with Gasteiger partial charge in [0.15, 0.2) is 11.5 Å². The Kier molecular flexibility index (Phi) is 7.85. The third-order valence-electron chi connectivity index (χ3n) is 5.07. The van der Waals surface area contributed by atoms with Gasteiger partial charge in [-0.15, -0.1) is 0 Å². The molecule has 2 N–H and O–H groups in total. The zero-order chi connectivity index (χ0) is 25.5. The Morgan fingerprint density at radius 3 is 2.67 bits per heavy atom. The molecule has 8 nitrogen and oxygen atoms in total. The summed E-state index contributed by atoms with van der Waals surface area (Å²) in [7, 11) is 1.53. The van der Waals surface area contributed by atoms with Crippen molar-refractivity contribution in [2.45, 2.75) is 6.61 Å². The summed E-state index contributed by atoms with van der Waals surface area (Å²) in [5.74, 6) is 1.02. The van der Waals surface area contributed by atoms with Gasteiger partial charge in [-0.1, -0.05) is 65.7 Å². The lowest BCUT2D eigenvalue weighted by Crippen LogP contribution is -2.16. The number of H-pyrrole nitrogens is 1. The SMILES string of the molecule is COc1cccc(C=NNc2nc(-c3ccccc3)c(C#N)c(=O)[nH]2)c1OCc1ccc(Cl)cc1Cl. The van der Waals surface area contributed by atoms with E-state index in [9.17, 15) is 10.1 Å². The number of halogens is 2. The molecule has 0 saturated heterocycles. The Balaban J connectivity index is 1.59. The van der Waals surface area contributed by atoms with Crippen LogP contribution in [-0.2, 0) is 6.61 Å². The summed E-state index contributed by atoms with van der Waals surface area (Å²) >= 11 is 12.2. The van der Waals surface area contributed by atoms with E-state index in [1.165, 1.54) is 13.3 Å². The van der Waals surface area contributed by atoms with Crippen molar-refractivity contribution in [3.63, 3.8) is 0 Å². The normalized spacial score (nSPS) is 10.7. The van der Waals surface area contributed by atoms with Crippen LogP contribution in [0.4, 0.5) is 5.95 Å². The lowest BCUT2D eigenvalue weighted by Gasteiger charge is -2.14. The highest BCUT2D eigenvalue weighted by Crippen LogP contribution is 2.32. The van der Waals surface area contributed by atoms with Crippen molar-refractivity contribution in [2.75, 3.05) is 12.5 Å². The number of nitrogens with one attached hydrogen (secondary N) is 2. The van der Waals surface area contributed by atoms with Crippen LogP contribution in [0, 0.1) is 11.3 Å².